The lowest BCUT2D eigenvalue weighted by Crippen LogP contribution is -2.05. The first-order valence-electron chi connectivity index (χ1n) is 5.82. The van der Waals surface area contributed by atoms with E-state index in [4.69, 9.17) is 11.6 Å². The van der Waals surface area contributed by atoms with Gasteiger partial charge in [-0.15, -0.1) is 0 Å². The van der Waals surface area contributed by atoms with Crippen LogP contribution in [0.3, 0.4) is 0 Å². The summed E-state index contributed by atoms with van der Waals surface area (Å²) in [6.07, 6.45) is 1.09. The standard InChI is InChI=1S/C14H17ClO3/c1-9-7-10(2)12(15)8-11(9)13(16)5-4-6-14(17)18-3/h7-8H,4-6H2,1-3H3. The molecule has 0 radical (unpaired) electrons. The number of benzene rings is 1. The molecule has 1 aromatic rings. The van der Waals surface area contributed by atoms with Crippen molar-refractivity contribution < 1.29 is 14.3 Å². The highest BCUT2D eigenvalue weighted by molar-refractivity contribution is 6.31. The van der Waals surface area contributed by atoms with Gasteiger partial charge in [0.1, 0.15) is 0 Å². The summed E-state index contributed by atoms with van der Waals surface area (Å²) in [6.45, 7) is 3.79. The van der Waals surface area contributed by atoms with Crippen LogP contribution in [-0.2, 0) is 9.53 Å². The van der Waals surface area contributed by atoms with Crippen LogP contribution in [-0.4, -0.2) is 18.9 Å². The number of aryl methyl sites for hydroxylation is 2. The molecule has 0 amide bonds. The number of halogens is 1. The van der Waals surface area contributed by atoms with Crippen LogP contribution >= 0.6 is 11.6 Å². The van der Waals surface area contributed by atoms with Crippen LogP contribution in [0.2, 0.25) is 5.02 Å². The van der Waals surface area contributed by atoms with Gasteiger partial charge in [-0.25, -0.2) is 0 Å². The Labute approximate surface area is 112 Å². The molecule has 0 spiro atoms. The van der Waals surface area contributed by atoms with Gasteiger partial charge in [0.2, 0.25) is 0 Å². The predicted octanol–water partition coefficient (Wildman–Crippen LogP) is 3.48. The summed E-state index contributed by atoms with van der Waals surface area (Å²) in [7, 11) is 1.34. The summed E-state index contributed by atoms with van der Waals surface area (Å²) in [6, 6.07) is 3.60. The second-order valence-electron chi connectivity index (χ2n) is 4.27. The number of esters is 1. The Morgan fingerprint density at radius 3 is 2.44 bits per heavy atom. The zero-order chi connectivity index (χ0) is 13.7. The fourth-order valence-corrected chi connectivity index (χ4v) is 1.92. The first-order chi connectivity index (χ1) is 8.45. The van der Waals surface area contributed by atoms with E-state index in [0.29, 0.717) is 23.4 Å². The average Bonchev–Trinajstić information content (AvgIpc) is 2.33. The molecular weight excluding hydrogens is 252 g/mol. The summed E-state index contributed by atoms with van der Waals surface area (Å²) >= 11 is 6.01. The minimum atomic E-state index is -0.290. The Hall–Kier alpha value is -1.35. The quantitative estimate of drug-likeness (QED) is 0.606. The molecule has 0 atom stereocenters. The highest BCUT2D eigenvalue weighted by Crippen LogP contribution is 2.22. The predicted molar refractivity (Wildman–Crippen MR) is 71.1 cm³/mol. The summed E-state index contributed by atoms with van der Waals surface area (Å²) in [5.41, 5.74) is 2.51. The monoisotopic (exact) mass is 268 g/mol. The van der Waals surface area contributed by atoms with Crippen LogP contribution in [0.1, 0.15) is 40.7 Å². The summed E-state index contributed by atoms with van der Waals surface area (Å²) in [5.74, 6) is -0.278. The zero-order valence-corrected chi connectivity index (χ0v) is 11.6. The van der Waals surface area contributed by atoms with Gasteiger partial charge in [0.25, 0.3) is 0 Å². The summed E-state index contributed by atoms with van der Waals surface area (Å²) in [5, 5.41) is 0.594. The lowest BCUT2D eigenvalue weighted by atomic mass is 9.99. The molecule has 0 saturated carbocycles. The molecule has 0 aliphatic rings. The molecule has 98 valence electrons. The maximum absolute atomic E-state index is 12.0. The number of hydrogen-bond donors (Lipinski definition) is 0. The smallest absolute Gasteiger partial charge is 0.305 e. The van der Waals surface area contributed by atoms with E-state index in [0.717, 1.165) is 11.1 Å². The van der Waals surface area contributed by atoms with Gasteiger partial charge in [-0.05, 0) is 37.5 Å². The second kappa shape index (κ2) is 6.55. The van der Waals surface area contributed by atoms with Crippen molar-refractivity contribution in [3.8, 4) is 0 Å². The maximum Gasteiger partial charge on any atom is 0.305 e. The van der Waals surface area contributed by atoms with Crippen molar-refractivity contribution in [2.75, 3.05) is 7.11 Å². The number of ketones is 1. The molecule has 0 aromatic heterocycles. The SMILES string of the molecule is COC(=O)CCCC(=O)c1cc(Cl)c(C)cc1C. The first-order valence-corrected chi connectivity index (χ1v) is 6.20. The van der Waals surface area contributed by atoms with Gasteiger partial charge in [-0.2, -0.15) is 0 Å². The summed E-state index contributed by atoms with van der Waals surface area (Å²) < 4.78 is 4.52. The Morgan fingerprint density at radius 2 is 1.83 bits per heavy atom. The number of carbonyl (C=O) groups excluding carboxylic acids is 2. The molecule has 0 fully saturated rings. The Kier molecular flexibility index (Phi) is 5.35. The van der Waals surface area contributed by atoms with E-state index in [1.54, 1.807) is 6.07 Å². The molecule has 0 saturated heterocycles. The van der Waals surface area contributed by atoms with Crippen LogP contribution in [0.5, 0.6) is 0 Å². The van der Waals surface area contributed by atoms with Gasteiger partial charge in [-0.3, -0.25) is 9.59 Å². The lowest BCUT2D eigenvalue weighted by Gasteiger charge is -2.07. The average molecular weight is 269 g/mol. The number of rotatable bonds is 5. The minimum Gasteiger partial charge on any atom is -0.469 e. The van der Waals surface area contributed by atoms with E-state index in [-0.39, 0.29) is 18.2 Å². The molecule has 0 aliphatic carbocycles. The number of methoxy groups -OCH3 is 1. The van der Waals surface area contributed by atoms with Gasteiger partial charge in [-0.1, -0.05) is 17.7 Å². The van der Waals surface area contributed by atoms with Gasteiger partial charge in [0.05, 0.1) is 7.11 Å². The van der Waals surface area contributed by atoms with Gasteiger partial charge in [0, 0.05) is 23.4 Å². The van der Waals surface area contributed by atoms with Crippen molar-refractivity contribution in [2.24, 2.45) is 0 Å². The highest BCUT2D eigenvalue weighted by Gasteiger charge is 2.12. The first kappa shape index (κ1) is 14.7. The number of Topliss-reactive ketones (excluding diaryl/α,β-unsaturated/α-hetero) is 1. The molecule has 1 aromatic carbocycles. The van der Waals surface area contributed by atoms with E-state index in [2.05, 4.69) is 4.74 Å². The number of carbonyl (C=O) groups is 2. The van der Waals surface area contributed by atoms with Crippen LogP contribution in [0.4, 0.5) is 0 Å². The molecule has 4 heteroatoms. The lowest BCUT2D eigenvalue weighted by molar-refractivity contribution is -0.140. The van der Waals surface area contributed by atoms with Gasteiger partial charge in [0.15, 0.2) is 5.78 Å². The molecule has 18 heavy (non-hydrogen) atoms. The van der Waals surface area contributed by atoms with Crippen molar-refractivity contribution in [1.82, 2.24) is 0 Å². The number of ether oxygens (including phenoxy) is 1. The number of hydrogen-bond acceptors (Lipinski definition) is 3. The van der Waals surface area contributed by atoms with Gasteiger partial charge >= 0.3 is 5.97 Å². The molecule has 0 unspecified atom stereocenters. The fraction of sp³-hybridized carbons (Fsp3) is 0.429. The van der Waals surface area contributed by atoms with E-state index in [1.165, 1.54) is 7.11 Å². The van der Waals surface area contributed by atoms with E-state index in [1.807, 2.05) is 19.9 Å². The molecular formula is C14H17ClO3. The topological polar surface area (TPSA) is 43.4 Å². The Bertz CT molecular complexity index is 466. The largest absolute Gasteiger partial charge is 0.469 e. The van der Waals surface area contributed by atoms with Crippen molar-refractivity contribution in [2.45, 2.75) is 33.1 Å². The molecule has 0 bridgehead atoms. The second-order valence-corrected chi connectivity index (χ2v) is 4.68. The van der Waals surface area contributed by atoms with Crippen molar-refractivity contribution in [3.05, 3.63) is 33.8 Å². The fourth-order valence-electron chi connectivity index (χ4n) is 1.76. The third kappa shape index (κ3) is 3.84. The van der Waals surface area contributed by atoms with Crippen LogP contribution < -0.4 is 0 Å². The van der Waals surface area contributed by atoms with E-state index >= 15 is 0 Å². The summed E-state index contributed by atoms with van der Waals surface area (Å²) in [4.78, 5) is 22.9. The van der Waals surface area contributed by atoms with Crippen molar-refractivity contribution >= 4 is 23.4 Å². The van der Waals surface area contributed by atoms with E-state index in [9.17, 15) is 9.59 Å². The van der Waals surface area contributed by atoms with Crippen molar-refractivity contribution in [3.63, 3.8) is 0 Å². The Morgan fingerprint density at radius 1 is 1.17 bits per heavy atom. The normalized spacial score (nSPS) is 10.2. The third-order valence-electron chi connectivity index (χ3n) is 2.82. The molecule has 3 nitrogen and oxygen atoms in total. The maximum atomic E-state index is 12.0. The van der Waals surface area contributed by atoms with Gasteiger partial charge < -0.3 is 4.74 Å². The van der Waals surface area contributed by atoms with Crippen LogP contribution in [0.25, 0.3) is 0 Å². The third-order valence-corrected chi connectivity index (χ3v) is 3.23. The van der Waals surface area contributed by atoms with E-state index < -0.39 is 0 Å². The zero-order valence-electron chi connectivity index (χ0n) is 10.9. The Balaban J connectivity index is 2.67. The van der Waals surface area contributed by atoms with Crippen LogP contribution in [0, 0.1) is 13.8 Å². The minimum absolute atomic E-state index is 0.0123. The highest BCUT2D eigenvalue weighted by atomic mass is 35.5. The van der Waals surface area contributed by atoms with Crippen LogP contribution in [0.15, 0.2) is 12.1 Å². The molecule has 0 heterocycles. The molecule has 0 N–H and O–H groups in total. The van der Waals surface area contributed by atoms with Crippen molar-refractivity contribution in [1.29, 1.82) is 0 Å². The molecule has 1 rings (SSSR count). The molecule has 0 aliphatic heterocycles.